The molecule has 0 radical (unpaired) electrons. The Bertz CT molecular complexity index is 611. The number of anilines is 1. The van der Waals surface area contributed by atoms with Crippen LogP contribution < -0.4 is 11.1 Å². The van der Waals surface area contributed by atoms with E-state index >= 15 is 0 Å². The number of hydrogen-bond acceptors (Lipinski definition) is 2. The second kappa shape index (κ2) is 6.94. The topological polar surface area (TPSA) is 55.1 Å². The zero-order valence-corrected chi connectivity index (χ0v) is 13.0. The number of nitrogens with two attached hydrogens (primary N) is 1. The minimum Gasteiger partial charge on any atom is -0.326 e. The van der Waals surface area contributed by atoms with Crippen molar-refractivity contribution in [3.63, 3.8) is 0 Å². The summed E-state index contributed by atoms with van der Waals surface area (Å²) in [4.78, 5) is 12.3. The van der Waals surface area contributed by atoms with Gasteiger partial charge < -0.3 is 11.1 Å². The van der Waals surface area contributed by atoms with Crippen LogP contribution in [0.4, 0.5) is 5.69 Å². The maximum absolute atomic E-state index is 12.3. The lowest BCUT2D eigenvalue weighted by Gasteiger charge is -2.20. The number of rotatable bonds is 4. The summed E-state index contributed by atoms with van der Waals surface area (Å²) in [5, 5.41) is 3.73. The second-order valence-electron chi connectivity index (χ2n) is 4.87. The Balaban J connectivity index is 2.09. The minimum absolute atomic E-state index is 0.176. The van der Waals surface area contributed by atoms with Crippen LogP contribution in [-0.4, -0.2) is 5.91 Å². The fraction of sp³-hybridized carbons (Fsp3) is 0.188. The van der Waals surface area contributed by atoms with E-state index in [2.05, 4.69) is 5.32 Å². The molecule has 0 aliphatic rings. The lowest BCUT2D eigenvalue weighted by molar-refractivity contribution is -0.120. The third kappa shape index (κ3) is 4.21. The van der Waals surface area contributed by atoms with E-state index in [1.54, 1.807) is 25.1 Å². The monoisotopic (exact) mass is 322 g/mol. The van der Waals surface area contributed by atoms with Crippen molar-refractivity contribution in [2.24, 2.45) is 11.7 Å². The van der Waals surface area contributed by atoms with Gasteiger partial charge in [-0.3, -0.25) is 4.79 Å². The molecule has 2 unspecified atom stereocenters. The SMILES string of the molecule is CC(C(=O)Nc1cc(Cl)cc(Cl)c1)C(N)c1ccccc1. The van der Waals surface area contributed by atoms with E-state index in [0.717, 1.165) is 5.56 Å². The summed E-state index contributed by atoms with van der Waals surface area (Å²) < 4.78 is 0. The van der Waals surface area contributed by atoms with Gasteiger partial charge in [-0.05, 0) is 23.8 Å². The molecule has 0 saturated heterocycles. The van der Waals surface area contributed by atoms with E-state index in [1.807, 2.05) is 30.3 Å². The quantitative estimate of drug-likeness (QED) is 0.883. The average Bonchev–Trinajstić information content (AvgIpc) is 2.45. The Morgan fingerprint density at radius 3 is 2.24 bits per heavy atom. The van der Waals surface area contributed by atoms with Crippen molar-refractivity contribution in [2.75, 3.05) is 5.32 Å². The fourth-order valence-corrected chi connectivity index (χ4v) is 2.54. The van der Waals surface area contributed by atoms with Crippen molar-refractivity contribution in [1.29, 1.82) is 0 Å². The number of halogens is 2. The molecule has 5 heteroatoms. The van der Waals surface area contributed by atoms with Gasteiger partial charge in [-0.15, -0.1) is 0 Å². The molecule has 0 bridgehead atoms. The highest BCUT2D eigenvalue weighted by Gasteiger charge is 2.22. The molecular formula is C16H16Cl2N2O. The molecule has 110 valence electrons. The van der Waals surface area contributed by atoms with Crippen LogP contribution in [0.5, 0.6) is 0 Å². The summed E-state index contributed by atoms with van der Waals surface area (Å²) in [6, 6.07) is 14.0. The molecule has 3 nitrogen and oxygen atoms in total. The molecule has 0 heterocycles. The first-order valence-electron chi connectivity index (χ1n) is 6.55. The summed E-state index contributed by atoms with van der Waals surface area (Å²) in [6.07, 6.45) is 0. The molecule has 3 N–H and O–H groups in total. The Hall–Kier alpha value is -1.55. The molecule has 0 fully saturated rings. The summed E-state index contributed by atoms with van der Waals surface area (Å²) in [5.41, 5.74) is 7.62. The van der Waals surface area contributed by atoms with Gasteiger partial charge >= 0.3 is 0 Å². The number of hydrogen-bond donors (Lipinski definition) is 2. The molecule has 2 rings (SSSR count). The third-order valence-corrected chi connectivity index (χ3v) is 3.70. The highest BCUT2D eigenvalue weighted by molar-refractivity contribution is 6.35. The first kappa shape index (κ1) is 15.8. The molecule has 0 saturated carbocycles. The molecule has 2 aromatic carbocycles. The largest absolute Gasteiger partial charge is 0.326 e. The van der Waals surface area contributed by atoms with E-state index in [9.17, 15) is 4.79 Å². The summed E-state index contributed by atoms with van der Waals surface area (Å²) in [7, 11) is 0. The highest BCUT2D eigenvalue weighted by Crippen LogP contribution is 2.25. The number of carbonyl (C=O) groups excluding carboxylic acids is 1. The van der Waals surface area contributed by atoms with Gasteiger partial charge in [0.25, 0.3) is 0 Å². The van der Waals surface area contributed by atoms with Crippen LogP contribution in [0.1, 0.15) is 18.5 Å². The Labute approximate surface area is 134 Å². The van der Waals surface area contributed by atoms with E-state index in [-0.39, 0.29) is 17.9 Å². The summed E-state index contributed by atoms with van der Waals surface area (Å²) in [6.45, 7) is 1.79. The molecule has 0 aliphatic carbocycles. The molecule has 0 aliphatic heterocycles. The van der Waals surface area contributed by atoms with E-state index in [4.69, 9.17) is 28.9 Å². The van der Waals surface area contributed by atoms with Crippen LogP contribution in [0.15, 0.2) is 48.5 Å². The minimum atomic E-state index is -0.384. The van der Waals surface area contributed by atoms with Gasteiger partial charge in [-0.1, -0.05) is 60.5 Å². The predicted octanol–water partition coefficient (Wildman–Crippen LogP) is 4.27. The number of amides is 1. The lowest BCUT2D eigenvalue weighted by atomic mass is 9.94. The molecule has 0 aromatic heterocycles. The number of benzene rings is 2. The van der Waals surface area contributed by atoms with Crippen molar-refractivity contribution in [3.05, 3.63) is 64.1 Å². The van der Waals surface area contributed by atoms with E-state index < -0.39 is 0 Å². The molecule has 2 aromatic rings. The van der Waals surface area contributed by atoms with Crippen molar-refractivity contribution in [3.8, 4) is 0 Å². The summed E-state index contributed by atoms with van der Waals surface area (Å²) >= 11 is 11.8. The van der Waals surface area contributed by atoms with Crippen LogP contribution in [0, 0.1) is 5.92 Å². The van der Waals surface area contributed by atoms with Crippen LogP contribution in [0.3, 0.4) is 0 Å². The Morgan fingerprint density at radius 1 is 1.10 bits per heavy atom. The second-order valence-corrected chi connectivity index (χ2v) is 5.75. The summed E-state index contributed by atoms with van der Waals surface area (Å²) in [5.74, 6) is -0.560. The Kier molecular flexibility index (Phi) is 5.23. The van der Waals surface area contributed by atoms with Crippen LogP contribution in [0.2, 0.25) is 10.0 Å². The van der Waals surface area contributed by atoms with E-state index in [1.165, 1.54) is 0 Å². The standard InChI is InChI=1S/C16H16Cl2N2O/c1-10(15(19)11-5-3-2-4-6-11)16(21)20-14-8-12(17)7-13(18)9-14/h2-10,15H,19H2,1H3,(H,20,21). The zero-order chi connectivity index (χ0) is 15.4. The van der Waals surface area contributed by atoms with Gasteiger partial charge in [0.15, 0.2) is 0 Å². The van der Waals surface area contributed by atoms with Gasteiger partial charge in [0.05, 0.1) is 5.92 Å². The first-order valence-corrected chi connectivity index (χ1v) is 7.30. The third-order valence-electron chi connectivity index (χ3n) is 3.27. The molecule has 21 heavy (non-hydrogen) atoms. The van der Waals surface area contributed by atoms with Gasteiger partial charge in [-0.25, -0.2) is 0 Å². The maximum Gasteiger partial charge on any atom is 0.229 e. The van der Waals surface area contributed by atoms with Crippen molar-refractivity contribution >= 4 is 34.8 Å². The van der Waals surface area contributed by atoms with Crippen LogP contribution >= 0.6 is 23.2 Å². The van der Waals surface area contributed by atoms with Crippen molar-refractivity contribution < 1.29 is 4.79 Å². The van der Waals surface area contributed by atoms with Crippen molar-refractivity contribution in [2.45, 2.75) is 13.0 Å². The predicted molar refractivity (Wildman–Crippen MR) is 87.6 cm³/mol. The zero-order valence-electron chi connectivity index (χ0n) is 11.5. The normalized spacial score (nSPS) is 13.5. The van der Waals surface area contributed by atoms with Gasteiger partial charge in [0.1, 0.15) is 0 Å². The van der Waals surface area contributed by atoms with Gasteiger partial charge in [0.2, 0.25) is 5.91 Å². The van der Waals surface area contributed by atoms with Gasteiger partial charge in [-0.2, -0.15) is 0 Å². The van der Waals surface area contributed by atoms with Crippen LogP contribution in [-0.2, 0) is 4.79 Å². The highest BCUT2D eigenvalue weighted by atomic mass is 35.5. The van der Waals surface area contributed by atoms with Crippen molar-refractivity contribution in [1.82, 2.24) is 0 Å². The smallest absolute Gasteiger partial charge is 0.229 e. The molecular weight excluding hydrogens is 307 g/mol. The lowest BCUT2D eigenvalue weighted by Crippen LogP contribution is -2.30. The Morgan fingerprint density at radius 2 is 1.67 bits per heavy atom. The number of carbonyl (C=O) groups is 1. The number of nitrogens with one attached hydrogen (secondary N) is 1. The first-order chi connectivity index (χ1) is 9.97. The molecule has 1 amide bonds. The molecule has 2 atom stereocenters. The fourth-order valence-electron chi connectivity index (χ4n) is 2.01. The van der Waals surface area contributed by atoms with Gasteiger partial charge in [0, 0.05) is 21.8 Å². The maximum atomic E-state index is 12.3. The van der Waals surface area contributed by atoms with E-state index in [0.29, 0.717) is 15.7 Å². The van der Waals surface area contributed by atoms with Crippen LogP contribution in [0.25, 0.3) is 0 Å². The molecule has 0 spiro atoms. The average molecular weight is 323 g/mol.